The van der Waals surface area contributed by atoms with E-state index >= 15 is 0 Å². The molecule has 9 nitrogen and oxygen atoms in total. The lowest BCUT2D eigenvalue weighted by Crippen LogP contribution is -2.33. The van der Waals surface area contributed by atoms with Crippen molar-refractivity contribution in [1.29, 1.82) is 0 Å². The van der Waals surface area contributed by atoms with Gasteiger partial charge in [-0.15, -0.1) is 0 Å². The van der Waals surface area contributed by atoms with Crippen LogP contribution in [0.15, 0.2) is 23.4 Å². The number of aliphatic hydroxyl groups excluding tert-OH is 1. The van der Waals surface area contributed by atoms with Crippen LogP contribution in [0.1, 0.15) is 22.6 Å². The van der Waals surface area contributed by atoms with Crippen LogP contribution in [0.4, 0.5) is 0 Å². The van der Waals surface area contributed by atoms with Crippen molar-refractivity contribution in [2.75, 3.05) is 6.54 Å². The molecule has 102 valence electrons. The van der Waals surface area contributed by atoms with E-state index in [1.165, 1.54) is 0 Å². The summed E-state index contributed by atoms with van der Waals surface area (Å²) in [4.78, 5) is 26.8. The van der Waals surface area contributed by atoms with Gasteiger partial charge in [0.05, 0.1) is 6.33 Å². The van der Waals surface area contributed by atoms with Gasteiger partial charge in [-0.25, -0.2) is 4.98 Å². The average Bonchev–Trinajstić information content (AvgIpc) is 3.03. The molecule has 0 aliphatic rings. The quantitative estimate of drug-likeness (QED) is 0.582. The van der Waals surface area contributed by atoms with Gasteiger partial charge in [-0.2, -0.15) is 0 Å². The summed E-state index contributed by atoms with van der Waals surface area (Å²) in [5, 5.41) is 13.7. The number of nitrogens with zero attached hydrogens (tertiary/aromatic N) is 3. The molecule has 0 saturated heterocycles. The molecule has 19 heavy (non-hydrogen) atoms. The molecule has 0 aromatic carbocycles. The molecule has 0 aliphatic carbocycles. The molecule has 0 radical (unpaired) electrons. The Morgan fingerprint density at radius 1 is 1.63 bits per heavy atom. The first kappa shape index (κ1) is 13.0. The zero-order valence-corrected chi connectivity index (χ0v) is 10.1. The Kier molecular flexibility index (Phi) is 4.08. The number of aromatic nitrogens is 4. The van der Waals surface area contributed by atoms with Gasteiger partial charge < -0.3 is 15.0 Å². The molecule has 2 aromatic heterocycles. The van der Waals surface area contributed by atoms with Gasteiger partial charge in [0.2, 0.25) is 5.69 Å². The van der Waals surface area contributed by atoms with Crippen LogP contribution in [0, 0.1) is 4.91 Å². The fraction of sp³-hybridized carbons (Fsp3) is 0.400. The van der Waals surface area contributed by atoms with Crippen molar-refractivity contribution < 1.29 is 19.1 Å². The molecule has 0 unspecified atom stereocenters. The summed E-state index contributed by atoms with van der Waals surface area (Å²) >= 11 is 0. The highest BCUT2D eigenvalue weighted by Gasteiger charge is 2.26. The standard InChI is InChI=1S/C10H13N5O4/c16-6-8-9(15(18)19-13-8)10(17)12-2-1-4-14-5-3-11-7-14/h3,5,7,16H,1-2,4,6H2,(H-,12,13,17,18)/p+1. The predicted molar refractivity (Wildman–Crippen MR) is 61.5 cm³/mol. The normalized spacial score (nSPS) is 10.6. The monoisotopic (exact) mass is 268 g/mol. The van der Waals surface area contributed by atoms with Crippen LogP contribution in [-0.4, -0.2) is 32.3 Å². The maximum atomic E-state index is 11.7. The zero-order chi connectivity index (χ0) is 13.7. The number of aryl methyl sites for hydroxylation is 1. The molecule has 0 atom stereocenters. The topological polar surface area (TPSA) is 119 Å². The van der Waals surface area contributed by atoms with E-state index in [1.807, 2.05) is 10.8 Å². The highest BCUT2D eigenvalue weighted by Crippen LogP contribution is 1.99. The van der Waals surface area contributed by atoms with E-state index in [1.54, 1.807) is 12.5 Å². The Balaban J connectivity index is 1.84. The fourth-order valence-corrected chi connectivity index (χ4v) is 1.59. The van der Waals surface area contributed by atoms with Crippen LogP contribution >= 0.6 is 0 Å². The third kappa shape index (κ3) is 3.07. The summed E-state index contributed by atoms with van der Waals surface area (Å²) in [6, 6.07) is 0. The second kappa shape index (κ2) is 5.96. The fourth-order valence-electron chi connectivity index (χ4n) is 1.59. The lowest BCUT2D eigenvalue weighted by molar-refractivity contribution is -0.714. The summed E-state index contributed by atoms with van der Waals surface area (Å²) < 4.78 is 6.29. The Hall–Kier alpha value is -2.42. The van der Waals surface area contributed by atoms with Gasteiger partial charge in [0.25, 0.3) is 0 Å². The van der Waals surface area contributed by atoms with E-state index < -0.39 is 12.5 Å². The second-order valence-corrected chi connectivity index (χ2v) is 3.85. The van der Waals surface area contributed by atoms with Crippen molar-refractivity contribution >= 4 is 5.91 Å². The number of rotatable bonds is 6. The number of hydrogen-bond donors (Lipinski definition) is 3. The largest absolute Gasteiger partial charge is 0.388 e. The Morgan fingerprint density at radius 3 is 3.16 bits per heavy atom. The molecule has 0 saturated carbocycles. The van der Waals surface area contributed by atoms with Crippen molar-refractivity contribution in [2.24, 2.45) is 0 Å². The molecule has 0 fully saturated rings. The number of hydrogen-bond acceptors (Lipinski definition) is 5. The van der Waals surface area contributed by atoms with Crippen molar-refractivity contribution in [3.05, 3.63) is 35.0 Å². The number of amides is 1. The SMILES string of the molecule is O=C(NCCCn1ccnc1)c1c(CO)[nH]o[n+]1=O. The van der Waals surface area contributed by atoms with Crippen LogP contribution in [-0.2, 0) is 13.2 Å². The van der Waals surface area contributed by atoms with E-state index in [9.17, 15) is 9.70 Å². The van der Waals surface area contributed by atoms with Crippen LogP contribution < -0.4 is 9.92 Å². The van der Waals surface area contributed by atoms with Crippen LogP contribution in [0.25, 0.3) is 0 Å². The van der Waals surface area contributed by atoms with Crippen molar-refractivity contribution in [1.82, 2.24) is 20.0 Å². The molecule has 1 amide bonds. The number of aliphatic hydroxyl groups is 1. The van der Waals surface area contributed by atoms with Crippen LogP contribution in [0.2, 0.25) is 0 Å². The Labute approximate surface area is 107 Å². The molecular formula is C10H14N5O4+. The van der Waals surface area contributed by atoms with E-state index in [0.29, 0.717) is 19.5 Å². The van der Waals surface area contributed by atoms with Gasteiger partial charge in [-0.1, -0.05) is 9.79 Å². The van der Waals surface area contributed by atoms with Gasteiger partial charge in [0, 0.05) is 25.5 Å². The van der Waals surface area contributed by atoms with Gasteiger partial charge in [-0.3, -0.25) is 4.79 Å². The molecule has 3 N–H and O–H groups in total. The first-order valence-electron chi connectivity index (χ1n) is 5.70. The molecule has 2 aromatic rings. The third-order valence-electron chi connectivity index (χ3n) is 2.53. The molecule has 0 spiro atoms. The lowest BCUT2D eigenvalue weighted by atomic mass is 10.3. The Morgan fingerprint density at radius 2 is 2.47 bits per heavy atom. The smallest absolute Gasteiger partial charge is 0.334 e. The maximum absolute atomic E-state index is 11.7. The van der Waals surface area contributed by atoms with Crippen LogP contribution in [0.5, 0.6) is 0 Å². The second-order valence-electron chi connectivity index (χ2n) is 3.85. The number of carbonyl (C=O) groups excluding carboxylic acids is 1. The summed E-state index contributed by atoms with van der Waals surface area (Å²) in [5.74, 6) is -0.588. The number of aromatic amines is 1. The highest BCUT2D eigenvalue weighted by atomic mass is 16.7. The lowest BCUT2D eigenvalue weighted by Gasteiger charge is -2.02. The molecule has 2 rings (SSSR count). The first-order valence-corrected chi connectivity index (χ1v) is 5.70. The van der Waals surface area contributed by atoms with E-state index in [2.05, 4.69) is 20.1 Å². The minimum absolute atomic E-state index is 0.0384. The minimum atomic E-state index is -0.588. The van der Waals surface area contributed by atoms with Gasteiger partial charge in [-0.05, 0) is 11.3 Å². The zero-order valence-electron chi connectivity index (χ0n) is 10.1. The molecule has 0 bridgehead atoms. The van der Waals surface area contributed by atoms with Crippen molar-refractivity contribution in [3.63, 3.8) is 0 Å². The molecule has 0 aliphatic heterocycles. The highest BCUT2D eigenvalue weighted by molar-refractivity contribution is 5.91. The molecule has 9 heteroatoms. The summed E-state index contributed by atoms with van der Waals surface area (Å²) in [6.07, 6.45) is 5.87. The maximum Gasteiger partial charge on any atom is 0.334 e. The van der Waals surface area contributed by atoms with E-state index in [4.69, 9.17) is 5.11 Å². The summed E-state index contributed by atoms with van der Waals surface area (Å²) in [7, 11) is 0. The van der Waals surface area contributed by atoms with E-state index in [0.717, 1.165) is 0 Å². The summed E-state index contributed by atoms with van der Waals surface area (Å²) in [5.41, 5.74) is -0.216. The third-order valence-corrected chi connectivity index (χ3v) is 2.53. The van der Waals surface area contributed by atoms with Gasteiger partial charge in [0.15, 0.2) is 4.60 Å². The number of imidazole rings is 1. The van der Waals surface area contributed by atoms with Gasteiger partial charge in [0.1, 0.15) is 6.61 Å². The first-order chi connectivity index (χ1) is 9.22. The average molecular weight is 268 g/mol. The number of carbonyl (C=O) groups is 1. The van der Waals surface area contributed by atoms with Crippen LogP contribution in [0.3, 0.4) is 0 Å². The molecule has 2 heterocycles. The minimum Gasteiger partial charge on any atom is -0.388 e. The van der Waals surface area contributed by atoms with E-state index in [-0.39, 0.29) is 16.0 Å². The van der Waals surface area contributed by atoms with Gasteiger partial charge >= 0.3 is 11.6 Å². The Bertz CT molecular complexity index is 585. The molecular weight excluding hydrogens is 254 g/mol. The number of H-pyrrole nitrogens is 1. The van der Waals surface area contributed by atoms with Crippen molar-refractivity contribution in [3.8, 4) is 0 Å². The summed E-state index contributed by atoms with van der Waals surface area (Å²) in [6.45, 7) is 0.631. The number of nitrogens with one attached hydrogen (secondary N) is 2. The van der Waals surface area contributed by atoms with Crippen molar-refractivity contribution in [2.45, 2.75) is 19.6 Å². The predicted octanol–water partition coefficient (Wildman–Crippen LogP) is -0.969.